The van der Waals surface area contributed by atoms with Crippen molar-refractivity contribution in [3.8, 4) is 11.3 Å². The van der Waals surface area contributed by atoms with Gasteiger partial charge in [-0.1, -0.05) is 44.2 Å². The van der Waals surface area contributed by atoms with E-state index in [1.807, 2.05) is 49.4 Å². The van der Waals surface area contributed by atoms with Crippen LogP contribution >= 0.6 is 0 Å². The number of furan rings is 1. The quantitative estimate of drug-likeness (QED) is 0.826. The van der Waals surface area contributed by atoms with Crippen LogP contribution in [0.2, 0.25) is 0 Å². The minimum atomic E-state index is -0.420. The number of nitrogens with one attached hydrogen (secondary N) is 1. The molecule has 2 aromatic rings. The summed E-state index contributed by atoms with van der Waals surface area (Å²) in [6.07, 6.45) is 1.91. The monoisotopic (exact) mass is 340 g/mol. The van der Waals surface area contributed by atoms with Gasteiger partial charge in [0.1, 0.15) is 11.5 Å². The molecular weight excluding hydrogens is 312 g/mol. The fourth-order valence-corrected chi connectivity index (χ4v) is 3.19. The van der Waals surface area contributed by atoms with Crippen molar-refractivity contribution < 1.29 is 9.21 Å². The van der Waals surface area contributed by atoms with Crippen molar-refractivity contribution in [2.75, 3.05) is 13.1 Å². The minimum Gasteiger partial charge on any atom is -0.460 e. The standard InChI is InChI=1S/C21H28N2O2/c1-16(2)11-13-22-20(24)21(3)12-14-23(21)15-18-9-10-19(25-18)17-7-5-4-6-8-17/h4-10,16H,11-15H2,1-3H3,(H,22,24). The Hall–Kier alpha value is -2.07. The second-order valence-corrected chi connectivity index (χ2v) is 7.52. The number of likely N-dealkylation sites (tertiary alicyclic amines) is 1. The van der Waals surface area contributed by atoms with Crippen molar-refractivity contribution in [3.05, 3.63) is 48.2 Å². The van der Waals surface area contributed by atoms with E-state index in [9.17, 15) is 4.79 Å². The summed E-state index contributed by atoms with van der Waals surface area (Å²) < 4.78 is 5.99. The third kappa shape index (κ3) is 3.96. The highest BCUT2D eigenvalue weighted by molar-refractivity contribution is 5.86. The van der Waals surface area contributed by atoms with E-state index in [1.54, 1.807) is 0 Å². The van der Waals surface area contributed by atoms with Gasteiger partial charge < -0.3 is 9.73 Å². The summed E-state index contributed by atoms with van der Waals surface area (Å²) in [7, 11) is 0. The molecule has 1 saturated heterocycles. The molecule has 1 fully saturated rings. The maximum atomic E-state index is 12.6. The van der Waals surface area contributed by atoms with Gasteiger partial charge in [-0.3, -0.25) is 9.69 Å². The molecule has 25 heavy (non-hydrogen) atoms. The highest BCUT2D eigenvalue weighted by atomic mass is 16.3. The Labute approximate surface area is 150 Å². The summed E-state index contributed by atoms with van der Waals surface area (Å²) >= 11 is 0. The zero-order chi connectivity index (χ0) is 17.9. The molecule has 1 unspecified atom stereocenters. The number of amides is 1. The molecule has 0 bridgehead atoms. The Morgan fingerprint density at radius 1 is 1.24 bits per heavy atom. The van der Waals surface area contributed by atoms with Crippen LogP contribution in [-0.4, -0.2) is 29.4 Å². The van der Waals surface area contributed by atoms with Crippen LogP contribution < -0.4 is 5.32 Å². The molecule has 1 atom stereocenters. The van der Waals surface area contributed by atoms with Gasteiger partial charge in [-0.25, -0.2) is 0 Å². The molecule has 1 aromatic heterocycles. The van der Waals surface area contributed by atoms with E-state index in [4.69, 9.17) is 4.42 Å². The van der Waals surface area contributed by atoms with E-state index in [-0.39, 0.29) is 5.91 Å². The molecule has 2 heterocycles. The van der Waals surface area contributed by atoms with Crippen LogP contribution in [-0.2, 0) is 11.3 Å². The number of carbonyl (C=O) groups is 1. The Morgan fingerprint density at radius 2 is 2.00 bits per heavy atom. The van der Waals surface area contributed by atoms with Crippen molar-refractivity contribution >= 4 is 5.91 Å². The van der Waals surface area contributed by atoms with E-state index in [2.05, 4.69) is 24.1 Å². The van der Waals surface area contributed by atoms with Crippen LogP contribution in [0.3, 0.4) is 0 Å². The first-order valence-corrected chi connectivity index (χ1v) is 9.16. The molecule has 1 aliphatic heterocycles. The second-order valence-electron chi connectivity index (χ2n) is 7.52. The van der Waals surface area contributed by atoms with Gasteiger partial charge in [0.2, 0.25) is 5.91 Å². The van der Waals surface area contributed by atoms with Crippen LogP contribution in [0.5, 0.6) is 0 Å². The largest absolute Gasteiger partial charge is 0.460 e. The first-order valence-electron chi connectivity index (χ1n) is 9.16. The average molecular weight is 340 g/mol. The van der Waals surface area contributed by atoms with Gasteiger partial charge in [0.05, 0.1) is 12.1 Å². The van der Waals surface area contributed by atoms with Gasteiger partial charge in [0.15, 0.2) is 0 Å². The summed E-state index contributed by atoms with van der Waals surface area (Å²) in [5.41, 5.74) is 0.656. The van der Waals surface area contributed by atoms with Crippen molar-refractivity contribution in [1.82, 2.24) is 10.2 Å². The fourth-order valence-electron chi connectivity index (χ4n) is 3.19. The van der Waals surface area contributed by atoms with E-state index >= 15 is 0 Å². The van der Waals surface area contributed by atoms with E-state index in [1.165, 1.54) is 0 Å². The number of hydrogen-bond acceptors (Lipinski definition) is 3. The smallest absolute Gasteiger partial charge is 0.240 e. The Morgan fingerprint density at radius 3 is 2.64 bits per heavy atom. The van der Waals surface area contributed by atoms with Crippen molar-refractivity contribution in [2.45, 2.75) is 45.7 Å². The molecule has 1 aliphatic rings. The lowest BCUT2D eigenvalue weighted by Crippen LogP contribution is -2.65. The normalized spacial score (nSPS) is 20.5. The first-order chi connectivity index (χ1) is 12.0. The van der Waals surface area contributed by atoms with Crippen molar-refractivity contribution in [2.24, 2.45) is 5.92 Å². The Kier molecular flexibility index (Phi) is 5.28. The number of carbonyl (C=O) groups excluding carboxylic acids is 1. The summed E-state index contributed by atoms with van der Waals surface area (Å²) in [5, 5.41) is 3.09. The molecule has 1 amide bonds. The van der Waals surface area contributed by atoms with Gasteiger partial charge in [-0.05, 0) is 37.8 Å². The second kappa shape index (κ2) is 7.44. The van der Waals surface area contributed by atoms with E-state index in [0.29, 0.717) is 12.5 Å². The van der Waals surface area contributed by atoms with Crippen LogP contribution in [0.25, 0.3) is 11.3 Å². The molecular formula is C21H28N2O2. The van der Waals surface area contributed by atoms with Gasteiger partial charge in [-0.15, -0.1) is 0 Å². The van der Waals surface area contributed by atoms with Crippen molar-refractivity contribution in [1.29, 1.82) is 0 Å². The Balaban J connectivity index is 1.60. The third-order valence-electron chi connectivity index (χ3n) is 5.13. The van der Waals surface area contributed by atoms with Gasteiger partial charge in [0.25, 0.3) is 0 Å². The zero-order valence-electron chi connectivity index (χ0n) is 15.4. The number of rotatable bonds is 7. The fraction of sp³-hybridized carbons (Fsp3) is 0.476. The molecule has 3 rings (SSSR count). The zero-order valence-corrected chi connectivity index (χ0v) is 15.4. The number of nitrogens with zero attached hydrogens (tertiary/aromatic N) is 1. The summed E-state index contributed by atoms with van der Waals surface area (Å²) in [6, 6.07) is 14.1. The van der Waals surface area contributed by atoms with Crippen molar-refractivity contribution in [3.63, 3.8) is 0 Å². The maximum Gasteiger partial charge on any atom is 0.240 e. The lowest BCUT2D eigenvalue weighted by atomic mass is 9.85. The highest BCUT2D eigenvalue weighted by Gasteiger charge is 2.46. The molecule has 0 saturated carbocycles. The molecule has 1 aromatic carbocycles. The lowest BCUT2D eigenvalue weighted by molar-refractivity contribution is -0.142. The lowest BCUT2D eigenvalue weighted by Gasteiger charge is -2.48. The Bertz CT molecular complexity index is 708. The van der Waals surface area contributed by atoms with Gasteiger partial charge in [0, 0.05) is 18.7 Å². The molecule has 1 N–H and O–H groups in total. The van der Waals surface area contributed by atoms with Crippen LogP contribution in [0, 0.1) is 5.92 Å². The molecule has 4 nitrogen and oxygen atoms in total. The highest BCUT2D eigenvalue weighted by Crippen LogP contribution is 2.33. The van der Waals surface area contributed by atoms with Gasteiger partial charge >= 0.3 is 0 Å². The van der Waals surface area contributed by atoms with Crippen LogP contribution in [0.15, 0.2) is 46.9 Å². The predicted octanol–water partition coefficient (Wildman–Crippen LogP) is 4.07. The average Bonchev–Trinajstić information content (AvgIpc) is 3.07. The molecule has 134 valence electrons. The topological polar surface area (TPSA) is 45.5 Å². The minimum absolute atomic E-state index is 0.134. The molecule has 0 radical (unpaired) electrons. The first kappa shape index (κ1) is 17.7. The van der Waals surface area contributed by atoms with Crippen LogP contribution in [0.4, 0.5) is 0 Å². The molecule has 0 aliphatic carbocycles. The predicted molar refractivity (Wildman–Crippen MR) is 100 cm³/mol. The SMILES string of the molecule is CC(C)CCNC(=O)C1(C)CCN1Cc1ccc(-c2ccccc2)o1. The van der Waals surface area contributed by atoms with E-state index in [0.717, 1.165) is 43.0 Å². The summed E-state index contributed by atoms with van der Waals surface area (Å²) in [5.74, 6) is 2.51. The number of benzene rings is 1. The van der Waals surface area contributed by atoms with E-state index < -0.39 is 5.54 Å². The van der Waals surface area contributed by atoms with Crippen LogP contribution in [0.1, 0.15) is 39.4 Å². The third-order valence-corrected chi connectivity index (χ3v) is 5.13. The number of hydrogen-bond donors (Lipinski definition) is 1. The summed E-state index contributed by atoms with van der Waals surface area (Å²) in [6.45, 7) is 8.72. The summed E-state index contributed by atoms with van der Waals surface area (Å²) in [4.78, 5) is 14.8. The molecule has 0 spiro atoms. The van der Waals surface area contributed by atoms with Gasteiger partial charge in [-0.2, -0.15) is 0 Å². The maximum absolute atomic E-state index is 12.6. The molecule has 4 heteroatoms.